The topological polar surface area (TPSA) is 64.2 Å². The van der Waals surface area contributed by atoms with E-state index >= 15 is 0 Å². The number of nitrogens with zero attached hydrogens (tertiary/aromatic N) is 4. The summed E-state index contributed by atoms with van der Waals surface area (Å²) in [5.74, 6) is -0.102. The number of piperazine rings is 2. The van der Waals surface area contributed by atoms with Crippen LogP contribution in [0.25, 0.3) is 0 Å². The van der Waals surface area contributed by atoms with Gasteiger partial charge in [0.25, 0.3) is 5.91 Å². The largest absolute Gasteiger partial charge is 0.336 e. The van der Waals surface area contributed by atoms with Gasteiger partial charge in [0.1, 0.15) is 0 Å². The van der Waals surface area contributed by atoms with E-state index in [1.165, 1.54) is 15.9 Å². The molecule has 0 radical (unpaired) electrons. The molecular weight excluding hydrogens is 412 g/mol. The molecule has 4 rings (SSSR count). The van der Waals surface area contributed by atoms with E-state index in [9.17, 15) is 13.2 Å². The Morgan fingerprint density at radius 1 is 0.839 bits per heavy atom. The van der Waals surface area contributed by atoms with Crippen molar-refractivity contribution in [3.05, 3.63) is 65.7 Å². The molecule has 1 amide bonds. The second-order valence-corrected chi connectivity index (χ2v) is 10.2. The average molecular weight is 443 g/mol. The molecule has 0 bridgehead atoms. The first-order chi connectivity index (χ1) is 14.9. The number of likely N-dealkylation sites (N-methyl/N-ethyl adjacent to an activating group) is 1. The van der Waals surface area contributed by atoms with Crippen molar-refractivity contribution >= 4 is 15.9 Å². The van der Waals surface area contributed by atoms with Crippen LogP contribution in [0.1, 0.15) is 15.9 Å². The zero-order valence-electron chi connectivity index (χ0n) is 18.0. The van der Waals surface area contributed by atoms with Crippen molar-refractivity contribution < 1.29 is 13.2 Å². The van der Waals surface area contributed by atoms with Gasteiger partial charge < -0.3 is 9.80 Å². The predicted molar refractivity (Wildman–Crippen MR) is 120 cm³/mol. The summed E-state index contributed by atoms with van der Waals surface area (Å²) in [5, 5.41) is 0. The van der Waals surface area contributed by atoms with Gasteiger partial charge in [-0.05, 0) is 30.8 Å². The van der Waals surface area contributed by atoms with Crippen molar-refractivity contribution in [2.24, 2.45) is 0 Å². The first-order valence-corrected chi connectivity index (χ1v) is 12.2. The molecular formula is C23H30N4O3S. The van der Waals surface area contributed by atoms with Gasteiger partial charge in [-0.3, -0.25) is 9.69 Å². The van der Waals surface area contributed by atoms with E-state index in [2.05, 4.69) is 21.9 Å². The number of carbonyl (C=O) groups excluding carboxylic acids is 1. The monoisotopic (exact) mass is 442 g/mol. The van der Waals surface area contributed by atoms with Gasteiger partial charge in [-0.2, -0.15) is 4.31 Å². The number of carbonyl (C=O) groups is 1. The van der Waals surface area contributed by atoms with Crippen molar-refractivity contribution in [2.45, 2.75) is 11.4 Å². The highest BCUT2D eigenvalue weighted by atomic mass is 32.2. The van der Waals surface area contributed by atoms with Crippen LogP contribution in [0.2, 0.25) is 0 Å². The lowest BCUT2D eigenvalue weighted by molar-refractivity contribution is 0.0628. The number of rotatable bonds is 5. The van der Waals surface area contributed by atoms with Crippen LogP contribution in [0.15, 0.2) is 59.5 Å². The highest BCUT2D eigenvalue weighted by Gasteiger charge is 2.29. The highest BCUT2D eigenvalue weighted by Crippen LogP contribution is 2.20. The molecule has 2 aromatic carbocycles. The van der Waals surface area contributed by atoms with E-state index < -0.39 is 10.0 Å². The molecule has 31 heavy (non-hydrogen) atoms. The Morgan fingerprint density at radius 3 is 2.19 bits per heavy atom. The van der Waals surface area contributed by atoms with Crippen LogP contribution in [0.4, 0.5) is 0 Å². The molecule has 7 nitrogen and oxygen atoms in total. The fourth-order valence-corrected chi connectivity index (χ4v) is 5.57. The Balaban J connectivity index is 1.39. The molecule has 0 aromatic heterocycles. The zero-order chi connectivity index (χ0) is 21.8. The van der Waals surface area contributed by atoms with Crippen LogP contribution in [0.5, 0.6) is 0 Å². The van der Waals surface area contributed by atoms with Crippen LogP contribution in [0, 0.1) is 0 Å². The van der Waals surface area contributed by atoms with Gasteiger partial charge in [0.2, 0.25) is 10.0 Å². The molecule has 2 aromatic rings. The molecule has 0 N–H and O–H groups in total. The molecule has 166 valence electrons. The van der Waals surface area contributed by atoms with Crippen molar-refractivity contribution in [1.29, 1.82) is 0 Å². The second-order valence-electron chi connectivity index (χ2n) is 8.29. The Morgan fingerprint density at radius 2 is 1.52 bits per heavy atom. The third-order valence-electron chi connectivity index (χ3n) is 6.09. The SMILES string of the molecule is CN1CCN(S(=O)(=O)c2cccc(C(=O)N3CCN(Cc4ccccc4)CC3)c2)CC1. The first kappa shape index (κ1) is 22.0. The molecule has 0 aliphatic carbocycles. The molecule has 0 spiro atoms. The van der Waals surface area contributed by atoms with Gasteiger partial charge in [-0.1, -0.05) is 36.4 Å². The van der Waals surface area contributed by atoms with E-state index in [0.717, 1.165) is 19.6 Å². The maximum atomic E-state index is 13.1. The standard InChI is InChI=1S/C23H30N4O3S/c1-24-10-16-27(17-11-24)31(29,30)22-9-5-8-21(18-22)23(28)26-14-12-25(13-15-26)19-20-6-3-2-4-7-20/h2-9,18H,10-17,19H2,1H3. The summed E-state index contributed by atoms with van der Waals surface area (Å²) in [5.41, 5.74) is 1.70. The lowest BCUT2D eigenvalue weighted by Gasteiger charge is -2.35. The lowest BCUT2D eigenvalue weighted by atomic mass is 10.1. The Labute approximate surface area is 184 Å². The molecule has 2 aliphatic rings. The maximum Gasteiger partial charge on any atom is 0.253 e. The number of benzene rings is 2. The van der Waals surface area contributed by atoms with Gasteiger partial charge in [-0.15, -0.1) is 0 Å². The smallest absolute Gasteiger partial charge is 0.253 e. The minimum absolute atomic E-state index is 0.102. The van der Waals surface area contributed by atoms with Crippen LogP contribution in [-0.2, 0) is 16.6 Å². The van der Waals surface area contributed by atoms with Crippen molar-refractivity contribution in [1.82, 2.24) is 19.0 Å². The third-order valence-corrected chi connectivity index (χ3v) is 7.98. The van der Waals surface area contributed by atoms with Crippen LogP contribution in [-0.4, -0.2) is 92.7 Å². The zero-order valence-corrected chi connectivity index (χ0v) is 18.8. The summed E-state index contributed by atoms with van der Waals surface area (Å²) in [6.07, 6.45) is 0. The molecule has 2 fully saturated rings. The number of amides is 1. The summed E-state index contributed by atoms with van der Waals surface area (Å²) in [6.45, 7) is 6.14. The van der Waals surface area contributed by atoms with Gasteiger partial charge in [0, 0.05) is 64.5 Å². The third kappa shape index (κ3) is 5.15. The van der Waals surface area contributed by atoms with Crippen molar-refractivity contribution in [3.63, 3.8) is 0 Å². The van der Waals surface area contributed by atoms with Crippen LogP contribution >= 0.6 is 0 Å². The minimum atomic E-state index is -3.59. The summed E-state index contributed by atoms with van der Waals surface area (Å²) >= 11 is 0. The van der Waals surface area contributed by atoms with Gasteiger partial charge >= 0.3 is 0 Å². The van der Waals surface area contributed by atoms with Crippen molar-refractivity contribution in [3.8, 4) is 0 Å². The lowest BCUT2D eigenvalue weighted by Crippen LogP contribution is -2.48. The average Bonchev–Trinajstić information content (AvgIpc) is 2.80. The van der Waals surface area contributed by atoms with E-state index in [4.69, 9.17) is 0 Å². The van der Waals surface area contributed by atoms with Gasteiger partial charge in [-0.25, -0.2) is 8.42 Å². The predicted octanol–water partition coefficient (Wildman–Crippen LogP) is 1.58. The molecule has 0 unspecified atom stereocenters. The number of hydrogen-bond donors (Lipinski definition) is 0. The Kier molecular flexibility index (Phi) is 6.71. The molecule has 0 atom stereocenters. The normalized spacial score (nSPS) is 19.5. The number of hydrogen-bond acceptors (Lipinski definition) is 5. The van der Waals surface area contributed by atoms with Crippen molar-refractivity contribution in [2.75, 3.05) is 59.4 Å². The minimum Gasteiger partial charge on any atom is -0.336 e. The van der Waals surface area contributed by atoms with E-state index in [-0.39, 0.29) is 10.8 Å². The quantitative estimate of drug-likeness (QED) is 0.704. The summed E-state index contributed by atoms with van der Waals surface area (Å²) < 4.78 is 27.6. The fraction of sp³-hybridized carbons (Fsp3) is 0.435. The summed E-state index contributed by atoms with van der Waals surface area (Å²) in [7, 11) is -1.60. The molecule has 2 aliphatic heterocycles. The van der Waals surface area contributed by atoms with Crippen LogP contribution < -0.4 is 0 Å². The van der Waals surface area contributed by atoms with Gasteiger partial charge in [0.05, 0.1) is 4.90 Å². The Hall–Kier alpha value is -2.26. The molecule has 0 saturated carbocycles. The number of sulfonamides is 1. The maximum absolute atomic E-state index is 13.1. The van der Waals surface area contributed by atoms with E-state index in [0.29, 0.717) is 44.8 Å². The Bertz CT molecular complexity index is 996. The molecule has 2 heterocycles. The first-order valence-electron chi connectivity index (χ1n) is 10.8. The fourth-order valence-electron chi connectivity index (χ4n) is 4.10. The summed E-state index contributed by atoms with van der Waals surface area (Å²) in [6, 6.07) is 16.8. The van der Waals surface area contributed by atoms with Crippen LogP contribution in [0.3, 0.4) is 0 Å². The van der Waals surface area contributed by atoms with E-state index in [1.807, 2.05) is 30.1 Å². The highest BCUT2D eigenvalue weighted by molar-refractivity contribution is 7.89. The summed E-state index contributed by atoms with van der Waals surface area (Å²) in [4.78, 5) is 19.5. The second kappa shape index (κ2) is 9.48. The van der Waals surface area contributed by atoms with E-state index in [1.54, 1.807) is 18.2 Å². The van der Waals surface area contributed by atoms with Gasteiger partial charge in [0.15, 0.2) is 0 Å². The molecule has 8 heteroatoms. The molecule has 2 saturated heterocycles.